The molecule has 2 aliphatic rings. The van der Waals surface area contributed by atoms with Gasteiger partial charge in [0.2, 0.25) is 11.8 Å². The van der Waals surface area contributed by atoms with Crippen molar-refractivity contribution in [2.75, 3.05) is 37.1 Å². The number of hydrogen-bond acceptors (Lipinski definition) is 5. The van der Waals surface area contributed by atoms with Gasteiger partial charge in [-0.2, -0.15) is 0 Å². The van der Waals surface area contributed by atoms with E-state index in [0.717, 1.165) is 0 Å². The molecule has 1 N–H and O–H groups in total. The van der Waals surface area contributed by atoms with Crippen LogP contribution in [0.2, 0.25) is 0 Å². The van der Waals surface area contributed by atoms with Crippen LogP contribution < -0.4 is 24.4 Å². The Bertz CT molecular complexity index is 882. The minimum atomic E-state index is -0.420. The van der Waals surface area contributed by atoms with E-state index < -0.39 is 5.92 Å². The SMILES string of the molecule is COc1cccc(NC(=O)[C@@H]2CC(=O)N(c3ccc4c(c3)OCCO4)C2)c1. The number of ether oxygens (including phenoxy) is 3. The van der Waals surface area contributed by atoms with E-state index in [0.29, 0.717) is 48.4 Å². The van der Waals surface area contributed by atoms with Crippen molar-refractivity contribution in [1.29, 1.82) is 0 Å². The van der Waals surface area contributed by atoms with E-state index in [4.69, 9.17) is 14.2 Å². The lowest BCUT2D eigenvalue weighted by molar-refractivity contribution is -0.122. The third kappa shape index (κ3) is 3.53. The van der Waals surface area contributed by atoms with Crippen molar-refractivity contribution in [2.45, 2.75) is 6.42 Å². The largest absolute Gasteiger partial charge is 0.497 e. The summed E-state index contributed by atoms with van der Waals surface area (Å²) < 4.78 is 16.3. The molecule has 7 heteroatoms. The van der Waals surface area contributed by atoms with Gasteiger partial charge in [0.15, 0.2) is 11.5 Å². The number of nitrogens with one attached hydrogen (secondary N) is 1. The zero-order valence-electron chi connectivity index (χ0n) is 14.9. The first-order valence-corrected chi connectivity index (χ1v) is 8.79. The van der Waals surface area contributed by atoms with Gasteiger partial charge in [0.1, 0.15) is 19.0 Å². The first kappa shape index (κ1) is 17.2. The molecule has 2 aromatic carbocycles. The Kier molecular flexibility index (Phi) is 4.58. The topological polar surface area (TPSA) is 77.1 Å². The van der Waals surface area contributed by atoms with Gasteiger partial charge in [-0.25, -0.2) is 0 Å². The van der Waals surface area contributed by atoms with Crippen LogP contribution in [-0.2, 0) is 9.59 Å². The van der Waals surface area contributed by atoms with Gasteiger partial charge in [-0.05, 0) is 24.3 Å². The highest BCUT2D eigenvalue weighted by molar-refractivity contribution is 6.03. The summed E-state index contributed by atoms with van der Waals surface area (Å²) in [6.07, 6.45) is 0.171. The highest BCUT2D eigenvalue weighted by Crippen LogP contribution is 2.36. The molecule has 140 valence electrons. The van der Waals surface area contributed by atoms with Crippen LogP contribution in [0, 0.1) is 5.92 Å². The fourth-order valence-electron chi connectivity index (χ4n) is 3.28. The molecule has 1 atom stereocenters. The molecule has 0 aromatic heterocycles. The fraction of sp³-hybridized carbons (Fsp3) is 0.300. The molecule has 2 amide bonds. The molecule has 4 rings (SSSR count). The average Bonchev–Trinajstić information content (AvgIpc) is 3.09. The van der Waals surface area contributed by atoms with Gasteiger partial charge in [-0.3, -0.25) is 9.59 Å². The van der Waals surface area contributed by atoms with Gasteiger partial charge < -0.3 is 24.4 Å². The number of nitrogens with zero attached hydrogens (tertiary/aromatic N) is 1. The van der Waals surface area contributed by atoms with Crippen molar-refractivity contribution >= 4 is 23.2 Å². The number of benzene rings is 2. The van der Waals surface area contributed by atoms with Crippen LogP contribution in [0.5, 0.6) is 17.2 Å². The lowest BCUT2D eigenvalue weighted by atomic mass is 10.1. The van der Waals surface area contributed by atoms with Crippen LogP contribution >= 0.6 is 0 Å². The second-order valence-corrected chi connectivity index (χ2v) is 6.45. The number of rotatable bonds is 4. The van der Waals surface area contributed by atoms with Gasteiger partial charge in [0, 0.05) is 36.5 Å². The van der Waals surface area contributed by atoms with Gasteiger partial charge in [-0.1, -0.05) is 6.07 Å². The number of amides is 2. The second kappa shape index (κ2) is 7.19. The predicted octanol–water partition coefficient (Wildman–Crippen LogP) is 2.46. The summed E-state index contributed by atoms with van der Waals surface area (Å²) >= 11 is 0. The maximum atomic E-state index is 12.6. The molecule has 2 aliphatic heterocycles. The van der Waals surface area contributed by atoms with Crippen molar-refractivity contribution in [1.82, 2.24) is 0 Å². The number of fused-ring (bicyclic) bond motifs is 1. The van der Waals surface area contributed by atoms with Gasteiger partial charge >= 0.3 is 0 Å². The second-order valence-electron chi connectivity index (χ2n) is 6.45. The maximum Gasteiger partial charge on any atom is 0.229 e. The Morgan fingerprint density at radius 3 is 2.78 bits per heavy atom. The van der Waals surface area contributed by atoms with Crippen LogP contribution in [0.3, 0.4) is 0 Å². The van der Waals surface area contributed by atoms with Crippen molar-refractivity contribution in [3.63, 3.8) is 0 Å². The molecular weight excluding hydrogens is 348 g/mol. The van der Waals surface area contributed by atoms with Crippen LogP contribution in [0.25, 0.3) is 0 Å². The fourth-order valence-corrected chi connectivity index (χ4v) is 3.28. The summed E-state index contributed by atoms with van der Waals surface area (Å²) in [5.41, 5.74) is 1.35. The van der Waals surface area contributed by atoms with E-state index in [9.17, 15) is 9.59 Å². The lowest BCUT2D eigenvalue weighted by Crippen LogP contribution is -2.28. The van der Waals surface area contributed by atoms with E-state index in [1.165, 1.54) is 0 Å². The molecule has 2 aromatic rings. The van der Waals surface area contributed by atoms with Gasteiger partial charge in [-0.15, -0.1) is 0 Å². The summed E-state index contributed by atoms with van der Waals surface area (Å²) in [5.74, 6) is 1.26. The minimum absolute atomic E-state index is 0.0857. The first-order valence-electron chi connectivity index (χ1n) is 8.79. The molecular formula is C20H20N2O5. The summed E-state index contributed by atoms with van der Waals surface area (Å²) in [5, 5.41) is 2.86. The molecule has 1 saturated heterocycles. The first-order chi connectivity index (χ1) is 13.1. The van der Waals surface area contributed by atoms with Crippen LogP contribution in [0.15, 0.2) is 42.5 Å². The summed E-state index contributed by atoms with van der Waals surface area (Å²) in [6, 6.07) is 12.5. The zero-order chi connectivity index (χ0) is 18.8. The highest BCUT2D eigenvalue weighted by atomic mass is 16.6. The molecule has 0 aliphatic carbocycles. The normalized spacial score (nSPS) is 18.3. The standard InChI is InChI=1S/C20H20N2O5/c1-25-16-4-2-3-14(10-16)21-20(24)13-9-19(23)22(12-13)15-5-6-17-18(11-15)27-8-7-26-17/h2-6,10-11,13H,7-9,12H2,1H3,(H,21,24)/t13-/m1/s1. The highest BCUT2D eigenvalue weighted by Gasteiger charge is 2.35. The van der Waals surface area contributed by atoms with Crippen molar-refractivity contribution in [2.24, 2.45) is 5.92 Å². The van der Waals surface area contributed by atoms with Crippen LogP contribution in [0.4, 0.5) is 11.4 Å². The van der Waals surface area contributed by atoms with E-state index in [1.54, 1.807) is 48.4 Å². The number of carbonyl (C=O) groups excluding carboxylic acids is 2. The predicted molar refractivity (Wildman–Crippen MR) is 99.5 cm³/mol. The Hall–Kier alpha value is -3.22. The van der Waals surface area contributed by atoms with E-state index in [-0.39, 0.29) is 18.2 Å². The van der Waals surface area contributed by atoms with E-state index >= 15 is 0 Å². The number of anilines is 2. The molecule has 7 nitrogen and oxygen atoms in total. The number of hydrogen-bond donors (Lipinski definition) is 1. The van der Waals surface area contributed by atoms with Gasteiger partial charge in [0.05, 0.1) is 13.0 Å². The van der Waals surface area contributed by atoms with Crippen molar-refractivity contribution < 1.29 is 23.8 Å². The van der Waals surface area contributed by atoms with Crippen molar-refractivity contribution in [3.05, 3.63) is 42.5 Å². The quantitative estimate of drug-likeness (QED) is 0.897. The third-order valence-electron chi connectivity index (χ3n) is 4.67. The molecule has 2 heterocycles. The monoisotopic (exact) mass is 368 g/mol. The van der Waals surface area contributed by atoms with Crippen molar-refractivity contribution in [3.8, 4) is 17.2 Å². The Morgan fingerprint density at radius 1 is 1.15 bits per heavy atom. The van der Waals surface area contributed by atoms with E-state index in [1.807, 2.05) is 6.07 Å². The average molecular weight is 368 g/mol. The summed E-state index contributed by atoms with van der Waals surface area (Å²) in [7, 11) is 1.57. The maximum absolute atomic E-state index is 12.6. The smallest absolute Gasteiger partial charge is 0.229 e. The Labute approximate surface area is 156 Å². The molecule has 0 spiro atoms. The van der Waals surface area contributed by atoms with Crippen LogP contribution in [0.1, 0.15) is 6.42 Å². The number of carbonyl (C=O) groups is 2. The minimum Gasteiger partial charge on any atom is -0.497 e. The number of methoxy groups -OCH3 is 1. The molecule has 0 bridgehead atoms. The third-order valence-corrected chi connectivity index (χ3v) is 4.67. The van der Waals surface area contributed by atoms with Gasteiger partial charge in [0.25, 0.3) is 0 Å². The van der Waals surface area contributed by atoms with Crippen LogP contribution in [-0.4, -0.2) is 38.7 Å². The lowest BCUT2D eigenvalue weighted by Gasteiger charge is -2.22. The molecule has 0 saturated carbocycles. The van der Waals surface area contributed by atoms with E-state index in [2.05, 4.69) is 5.32 Å². The summed E-state index contributed by atoms with van der Waals surface area (Å²) in [4.78, 5) is 26.7. The Morgan fingerprint density at radius 2 is 1.96 bits per heavy atom. The molecule has 0 unspecified atom stereocenters. The Balaban J connectivity index is 1.46. The molecule has 1 fully saturated rings. The summed E-state index contributed by atoms with van der Waals surface area (Å²) in [6.45, 7) is 1.33. The zero-order valence-corrected chi connectivity index (χ0v) is 14.9. The molecule has 27 heavy (non-hydrogen) atoms. The molecule has 0 radical (unpaired) electrons.